The molecule has 0 unspecified atom stereocenters. The highest BCUT2D eigenvalue weighted by atomic mass is 35.5. The van der Waals surface area contributed by atoms with Crippen molar-refractivity contribution < 1.29 is 4.42 Å². The van der Waals surface area contributed by atoms with Crippen molar-refractivity contribution in [1.29, 1.82) is 0 Å². The fourth-order valence-corrected chi connectivity index (χ4v) is 1.89. The summed E-state index contributed by atoms with van der Waals surface area (Å²) in [7, 11) is 0. The molecule has 94 valence electrons. The van der Waals surface area contributed by atoms with Crippen LogP contribution in [0.3, 0.4) is 0 Å². The van der Waals surface area contributed by atoms with Crippen LogP contribution >= 0.6 is 11.6 Å². The molecule has 0 aliphatic heterocycles. The third-order valence-electron chi connectivity index (χ3n) is 2.74. The maximum atomic E-state index is 5.98. The number of halogens is 1. The van der Waals surface area contributed by atoms with E-state index in [0.717, 1.165) is 24.4 Å². The van der Waals surface area contributed by atoms with E-state index in [0.29, 0.717) is 29.3 Å². The van der Waals surface area contributed by atoms with Gasteiger partial charge in [0.2, 0.25) is 5.89 Å². The van der Waals surface area contributed by atoms with E-state index >= 15 is 0 Å². The maximum absolute atomic E-state index is 5.98. The summed E-state index contributed by atoms with van der Waals surface area (Å²) in [6.45, 7) is 2.36. The molecule has 0 saturated heterocycles. The third kappa shape index (κ3) is 2.61. The van der Waals surface area contributed by atoms with Gasteiger partial charge in [0.05, 0.1) is 12.7 Å². The minimum absolute atomic E-state index is 0.470. The lowest BCUT2D eigenvalue weighted by Gasteiger charge is -2.05. The molecule has 1 saturated carbocycles. The summed E-state index contributed by atoms with van der Waals surface area (Å²) in [6.07, 6.45) is 4.00. The number of anilines is 1. The highest BCUT2D eigenvalue weighted by Crippen LogP contribution is 2.38. The van der Waals surface area contributed by atoms with Crippen molar-refractivity contribution >= 4 is 17.4 Å². The Balaban J connectivity index is 1.71. The van der Waals surface area contributed by atoms with Crippen LogP contribution in [0.1, 0.15) is 36.2 Å². The van der Waals surface area contributed by atoms with Crippen LogP contribution in [0.4, 0.5) is 5.82 Å². The van der Waals surface area contributed by atoms with Crippen molar-refractivity contribution in [3.63, 3.8) is 0 Å². The molecule has 1 aliphatic carbocycles. The molecular weight excluding hydrogens is 252 g/mol. The molecule has 1 N–H and O–H groups in total. The molecule has 0 atom stereocenters. The molecule has 18 heavy (non-hydrogen) atoms. The molecule has 2 aromatic heterocycles. The first-order valence-electron chi connectivity index (χ1n) is 5.90. The summed E-state index contributed by atoms with van der Waals surface area (Å²) >= 11 is 5.98. The number of rotatable bonds is 4. The first-order valence-corrected chi connectivity index (χ1v) is 6.28. The zero-order chi connectivity index (χ0) is 12.5. The Hall–Kier alpha value is -1.62. The van der Waals surface area contributed by atoms with E-state index in [4.69, 9.17) is 16.0 Å². The van der Waals surface area contributed by atoms with Crippen LogP contribution in [0.5, 0.6) is 0 Å². The molecule has 0 spiro atoms. The molecule has 6 heteroatoms. The van der Waals surface area contributed by atoms with Crippen LogP contribution in [0.25, 0.3) is 0 Å². The maximum Gasteiger partial charge on any atom is 0.213 e. The second-order valence-electron chi connectivity index (χ2n) is 4.43. The van der Waals surface area contributed by atoms with Gasteiger partial charge in [0, 0.05) is 12.0 Å². The van der Waals surface area contributed by atoms with Gasteiger partial charge < -0.3 is 9.73 Å². The second-order valence-corrected chi connectivity index (χ2v) is 4.81. The van der Waals surface area contributed by atoms with Crippen molar-refractivity contribution in [2.24, 2.45) is 0 Å². The predicted octanol–water partition coefficient (Wildman–Crippen LogP) is 2.92. The summed E-state index contributed by atoms with van der Waals surface area (Å²) < 4.78 is 5.38. The van der Waals surface area contributed by atoms with Gasteiger partial charge in [-0.05, 0) is 19.8 Å². The number of nitrogens with zero attached hydrogens (tertiary/aromatic N) is 3. The number of nitrogens with one attached hydrogen (secondary N) is 1. The summed E-state index contributed by atoms with van der Waals surface area (Å²) in [5.41, 5.74) is 0. The van der Waals surface area contributed by atoms with Crippen molar-refractivity contribution in [3.8, 4) is 0 Å². The topological polar surface area (TPSA) is 63.8 Å². The third-order valence-corrected chi connectivity index (χ3v) is 2.94. The van der Waals surface area contributed by atoms with Crippen LogP contribution in [0.15, 0.2) is 16.7 Å². The predicted molar refractivity (Wildman–Crippen MR) is 67.6 cm³/mol. The zero-order valence-electron chi connectivity index (χ0n) is 9.98. The molecule has 3 rings (SSSR count). The van der Waals surface area contributed by atoms with Crippen LogP contribution in [0.2, 0.25) is 5.15 Å². The van der Waals surface area contributed by atoms with Gasteiger partial charge in [0.25, 0.3) is 0 Å². The standard InChI is InChI=1S/C12H13ClN4O/c1-7-5-15-11(18-7)6-14-10-4-9(13)16-12(17-10)8-2-3-8/h4-5,8H,2-3,6H2,1H3,(H,14,16,17). The summed E-state index contributed by atoms with van der Waals surface area (Å²) in [6, 6.07) is 1.71. The quantitative estimate of drug-likeness (QED) is 0.860. The zero-order valence-corrected chi connectivity index (χ0v) is 10.7. The average molecular weight is 265 g/mol. The number of hydrogen-bond acceptors (Lipinski definition) is 5. The fourth-order valence-electron chi connectivity index (χ4n) is 1.70. The first kappa shape index (κ1) is 11.5. The number of hydrogen-bond donors (Lipinski definition) is 1. The van der Waals surface area contributed by atoms with E-state index in [2.05, 4.69) is 20.3 Å². The summed E-state index contributed by atoms with van der Waals surface area (Å²) in [4.78, 5) is 12.8. The average Bonchev–Trinajstić information content (AvgIpc) is 3.10. The van der Waals surface area contributed by atoms with E-state index in [1.54, 1.807) is 12.3 Å². The second kappa shape index (κ2) is 4.57. The Morgan fingerprint density at radius 2 is 2.28 bits per heavy atom. The SMILES string of the molecule is Cc1cnc(CNc2cc(Cl)nc(C3CC3)n2)o1. The largest absolute Gasteiger partial charge is 0.444 e. The van der Waals surface area contributed by atoms with E-state index in [9.17, 15) is 0 Å². The molecule has 2 aromatic rings. The van der Waals surface area contributed by atoms with Crippen molar-refractivity contribution in [2.45, 2.75) is 32.2 Å². The van der Waals surface area contributed by atoms with Gasteiger partial charge in [0.1, 0.15) is 22.6 Å². The Bertz CT molecular complexity index is 565. The van der Waals surface area contributed by atoms with E-state index in [1.165, 1.54) is 0 Å². The van der Waals surface area contributed by atoms with Crippen LogP contribution in [-0.2, 0) is 6.54 Å². The number of aromatic nitrogens is 3. The number of oxazole rings is 1. The minimum atomic E-state index is 0.470. The van der Waals surface area contributed by atoms with Crippen molar-refractivity contribution in [1.82, 2.24) is 15.0 Å². The molecule has 1 aliphatic rings. The summed E-state index contributed by atoms with van der Waals surface area (Å²) in [5, 5.41) is 3.62. The summed E-state index contributed by atoms with van der Waals surface area (Å²) in [5.74, 6) is 3.45. The lowest BCUT2D eigenvalue weighted by atomic mass is 10.4. The fraction of sp³-hybridized carbons (Fsp3) is 0.417. The van der Waals surface area contributed by atoms with E-state index < -0.39 is 0 Å². The van der Waals surface area contributed by atoms with Gasteiger partial charge in [-0.25, -0.2) is 15.0 Å². The Labute approximate surface area is 110 Å². The van der Waals surface area contributed by atoms with Crippen molar-refractivity contribution in [3.05, 3.63) is 34.9 Å². The van der Waals surface area contributed by atoms with Gasteiger partial charge in [-0.15, -0.1) is 0 Å². The lowest BCUT2D eigenvalue weighted by molar-refractivity contribution is 0.478. The molecular formula is C12H13ClN4O. The molecule has 5 nitrogen and oxygen atoms in total. The van der Waals surface area contributed by atoms with E-state index in [1.807, 2.05) is 6.92 Å². The Morgan fingerprint density at radius 3 is 2.94 bits per heavy atom. The van der Waals surface area contributed by atoms with Gasteiger partial charge in [-0.1, -0.05) is 11.6 Å². The van der Waals surface area contributed by atoms with Crippen LogP contribution < -0.4 is 5.32 Å². The minimum Gasteiger partial charge on any atom is -0.444 e. The van der Waals surface area contributed by atoms with Crippen LogP contribution in [0, 0.1) is 6.92 Å². The monoisotopic (exact) mass is 264 g/mol. The molecule has 0 bridgehead atoms. The number of aryl methyl sites for hydroxylation is 1. The van der Waals surface area contributed by atoms with Crippen LogP contribution in [-0.4, -0.2) is 15.0 Å². The van der Waals surface area contributed by atoms with Gasteiger partial charge in [-0.3, -0.25) is 0 Å². The molecule has 0 radical (unpaired) electrons. The highest BCUT2D eigenvalue weighted by molar-refractivity contribution is 6.29. The molecule has 1 fully saturated rings. The molecule has 0 aromatic carbocycles. The Kier molecular flexibility index (Phi) is 2.91. The van der Waals surface area contributed by atoms with E-state index in [-0.39, 0.29) is 0 Å². The van der Waals surface area contributed by atoms with Crippen molar-refractivity contribution in [2.75, 3.05) is 5.32 Å². The molecule has 2 heterocycles. The first-order chi connectivity index (χ1) is 8.70. The van der Waals surface area contributed by atoms with Gasteiger partial charge in [-0.2, -0.15) is 0 Å². The Morgan fingerprint density at radius 1 is 1.44 bits per heavy atom. The van der Waals surface area contributed by atoms with Gasteiger partial charge >= 0.3 is 0 Å². The smallest absolute Gasteiger partial charge is 0.213 e. The highest BCUT2D eigenvalue weighted by Gasteiger charge is 2.27. The van der Waals surface area contributed by atoms with Gasteiger partial charge in [0.15, 0.2) is 0 Å². The normalized spacial score (nSPS) is 14.8. The lowest BCUT2D eigenvalue weighted by Crippen LogP contribution is -2.04. The molecule has 0 amide bonds.